The van der Waals surface area contributed by atoms with E-state index in [9.17, 15) is 9.18 Å². The van der Waals surface area contributed by atoms with E-state index in [0.717, 1.165) is 16.9 Å². The molecular weight excluding hydrogens is 339 g/mol. The van der Waals surface area contributed by atoms with Crippen LogP contribution in [0.2, 0.25) is 0 Å². The predicted molar refractivity (Wildman–Crippen MR) is 94.0 cm³/mol. The molecule has 4 rings (SSSR count). The Bertz CT molecular complexity index is 919. The first-order chi connectivity index (χ1) is 12.1. The third kappa shape index (κ3) is 3.46. The minimum atomic E-state index is -0.223. The second-order valence-electron chi connectivity index (χ2n) is 6.29. The van der Waals surface area contributed by atoms with Gasteiger partial charge in [0.2, 0.25) is 5.91 Å². The summed E-state index contributed by atoms with van der Waals surface area (Å²) in [6.07, 6.45) is 6.77. The number of benzene rings is 1. The molecule has 1 saturated carbocycles. The van der Waals surface area contributed by atoms with Crippen LogP contribution in [-0.4, -0.2) is 20.7 Å². The molecule has 5 nitrogen and oxygen atoms in total. The Morgan fingerprint density at radius 1 is 1.40 bits per heavy atom. The van der Waals surface area contributed by atoms with E-state index in [1.165, 1.54) is 17.4 Å². The number of nitrogens with one attached hydrogen (secondary N) is 1. The van der Waals surface area contributed by atoms with E-state index in [2.05, 4.69) is 15.4 Å². The van der Waals surface area contributed by atoms with Crippen LogP contribution >= 0.6 is 11.3 Å². The number of amides is 1. The van der Waals surface area contributed by atoms with Crippen LogP contribution in [-0.2, 0) is 18.3 Å². The highest BCUT2D eigenvalue weighted by Gasteiger charge is 2.44. The zero-order valence-electron chi connectivity index (χ0n) is 13.6. The molecule has 7 heteroatoms. The van der Waals surface area contributed by atoms with Crippen molar-refractivity contribution in [3.63, 3.8) is 0 Å². The molecule has 0 unspecified atom stereocenters. The van der Waals surface area contributed by atoms with Crippen LogP contribution in [0.15, 0.2) is 42.9 Å². The highest BCUT2D eigenvalue weighted by atomic mass is 32.1. The summed E-state index contributed by atoms with van der Waals surface area (Å²) in [4.78, 5) is 17.5. The molecule has 3 aromatic rings. The summed E-state index contributed by atoms with van der Waals surface area (Å²) < 4.78 is 15.5. The van der Waals surface area contributed by atoms with Crippen LogP contribution in [0.5, 0.6) is 0 Å². The van der Waals surface area contributed by atoms with Crippen LogP contribution in [0.3, 0.4) is 0 Å². The monoisotopic (exact) mass is 356 g/mol. The molecule has 1 amide bonds. The molecule has 0 spiro atoms. The molecule has 2 atom stereocenters. The van der Waals surface area contributed by atoms with Gasteiger partial charge in [0.15, 0.2) is 5.13 Å². The van der Waals surface area contributed by atoms with Crippen LogP contribution < -0.4 is 5.32 Å². The zero-order valence-corrected chi connectivity index (χ0v) is 14.5. The normalized spacial score (nSPS) is 19.0. The maximum Gasteiger partial charge on any atom is 0.229 e. The molecule has 0 aliphatic heterocycles. The van der Waals surface area contributed by atoms with Crippen molar-refractivity contribution in [1.82, 2.24) is 14.8 Å². The Hall–Kier alpha value is -2.54. The Labute approximate surface area is 148 Å². The number of carbonyl (C=O) groups excluding carboxylic acids is 1. The van der Waals surface area contributed by atoms with E-state index < -0.39 is 0 Å². The van der Waals surface area contributed by atoms with Crippen molar-refractivity contribution >= 4 is 22.4 Å². The van der Waals surface area contributed by atoms with E-state index in [4.69, 9.17) is 0 Å². The lowest BCUT2D eigenvalue weighted by molar-refractivity contribution is -0.117. The summed E-state index contributed by atoms with van der Waals surface area (Å²) in [5, 5.41) is 7.59. The molecule has 0 bridgehead atoms. The standard InChI is InChI=1S/C18H17FN4OS/c1-23-10-12(8-21-23)14-7-15(14)17(24)22-18-20-9-13(25-18)6-11-4-2-3-5-16(11)19/h2-5,8-10,14-15H,6-7H2,1H3,(H,20,22,24)/t14-,15-/m1/s1. The molecule has 1 aliphatic rings. The highest BCUT2D eigenvalue weighted by Crippen LogP contribution is 2.47. The summed E-state index contributed by atoms with van der Waals surface area (Å²) in [7, 11) is 1.87. The van der Waals surface area contributed by atoms with Crippen molar-refractivity contribution in [2.75, 3.05) is 5.32 Å². The van der Waals surface area contributed by atoms with Crippen molar-refractivity contribution in [3.05, 3.63) is 64.7 Å². The first kappa shape index (κ1) is 16.0. The van der Waals surface area contributed by atoms with Gasteiger partial charge in [-0.15, -0.1) is 11.3 Å². The molecule has 2 aromatic heterocycles. The van der Waals surface area contributed by atoms with Crippen LogP contribution in [0.4, 0.5) is 9.52 Å². The lowest BCUT2D eigenvalue weighted by Crippen LogP contribution is -2.14. The fourth-order valence-corrected chi connectivity index (χ4v) is 3.80. The van der Waals surface area contributed by atoms with Crippen LogP contribution in [0, 0.1) is 11.7 Å². The van der Waals surface area contributed by atoms with Crippen molar-refractivity contribution in [3.8, 4) is 0 Å². The molecular formula is C18H17FN4OS. The number of aromatic nitrogens is 3. The number of anilines is 1. The Balaban J connectivity index is 1.37. The average molecular weight is 356 g/mol. The summed E-state index contributed by atoms with van der Waals surface area (Å²) >= 11 is 1.38. The fourth-order valence-electron chi connectivity index (χ4n) is 2.96. The van der Waals surface area contributed by atoms with Crippen molar-refractivity contribution < 1.29 is 9.18 Å². The number of halogens is 1. The predicted octanol–water partition coefficient (Wildman–Crippen LogP) is 3.35. The first-order valence-electron chi connectivity index (χ1n) is 8.07. The van der Waals surface area contributed by atoms with Gasteiger partial charge in [-0.1, -0.05) is 18.2 Å². The number of nitrogens with zero attached hydrogens (tertiary/aromatic N) is 3. The summed E-state index contributed by atoms with van der Waals surface area (Å²) in [5.41, 5.74) is 1.73. The SMILES string of the molecule is Cn1cc([C@H]2C[C@H]2C(=O)Nc2ncc(Cc3ccccc3F)s2)cn1. The van der Waals surface area contributed by atoms with Crippen molar-refractivity contribution in [2.45, 2.75) is 18.8 Å². The average Bonchev–Trinajstić information content (AvgIpc) is 3.09. The Kier molecular flexibility index (Phi) is 4.09. The lowest BCUT2D eigenvalue weighted by Gasteiger charge is -2.01. The zero-order chi connectivity index (χ0) is 17.4. The summed E-state index contributed by atoms with van der Waals surface area (Å²) in [6.45, 7) is 0. The lowest BCUT2D eigenvalue weighted by atomic mass is 10.1. The third-order valence-electron chi connectivity index (χ3n) is 4.39. The van der Waals surface area contributed by atoms with Gasteiger partial charge in [0.1, 0.15) is 5.82 Å². The van der Waals surface area contributed by atoms with E-state index in [-0.39, 0.29) is 23.6 Å². The second-order valence-corrected chi connectivity index (χ2v) is 7.40. The second kappa shape index (κ2) is 6.40. The maximum atomic E-state index is 13.7. The van der Waals surface area contributed by atoms with E-state index in [1.807, 2.05) is 25.5 Å². The largest absolute Gasteiger partial charge is 0.302 e. The number of rotatable bonds is 5. The van der Waals surface area contributed by atoms with Gasteiger partial charge < -0.3 is 5.32 Å². The summed E-state index contributed by atoms with van der Waals surface area (Å²) in [5.74, 6) is -0.0194. The molecule has 2 heterocycles. The third-order valence-corrected chi connectivity index (χ3v) is 5.30. The van der Waals surface area contributed by atoms with Gasteiger partial charge >= 0.3 is 0 Å². The smallest absolute Gasteiger partial charge is 0.229 e. The maximum absolute atomic E-state index is 13.7. The van der Waals surface area contributed by atoms with Gasteiger partial charge in [0.25, 0.3) is 0 Å². The van der Waals surface area contributed by atoms with Gasteiger partial charge in [-0.2, -0.15) is 5.10 Å². The van der Waals surface area contributed by atoms with Crippen LogP contribution in [0.1, 0.15) is 28.3 Å². The minimum absolute atomic E-state index is 0.0133. The minimum Gasteiger partial charge on any atom is -0.302 e. The molecule has 1 aromatic carbocycles. The van der Waals surface area contributed by atoms with Gasteiger partial charge in [-0.3, -0.25) is 9.48 Å². The van der Waals surface area contributed by atoms with E-state index in [0.29, 0.717) is 17.1 Å². The number of hydrogen-bond donors (Lipinski definition) is 1. The fraction of sp³-hybridized carbons (Fsp3) is 0.278. The Morgan fingerprint density at radius 2 is 2.24 bits per heavy atom. The quantitative estimate of drug-likeness (QED) is 0.763. The van der Waals surface area contributed by atoms with Gasteiger partial charge in [0, 0.05) is 36.7 Å². The number of hydrogen-bond acceptors (Lipinski definition) is 4. The highest BCUT2D eigenvalue weighted by molar-refractivity contribution is 7.15. The van der Waals surface area contributed by atoms with Crippen molar-refractivity contribution in [1.29, 1.82) is 0 Å². The van der Waals surface area contributed by atoms with Gasteiger partial charge in [-0.25, -0.2) is 9.37 Å². The van der Waals surface area contributed by atoms with Crippen LogP contribution in [0.25, 0.3) is 0 Å². The summed E-state index contributed by atoms with van der Waals surface area (Å²) in [6, 6.07) is 6.69. The molecule has 1 fully saturated rings. The molecule has 0 saturated heterocycles. The molecule has 128 valence electrons. The Morgan fingerprint density at radius 3 is 3.00 bits per heavy atom. The molecule has 1 N–H and O–H groups in total. The van der Waals surface area contributed by atoms with Crippen molar-refractivity contribution in [2.24, 2.45) is 13.0 Å². The van der Waals surface area contributed by atoms with Gasteiger partial charge in [-0.05, 0) is 29.5 Å². The van der Waals surface area contributed by atoms with Gasteiger partial charge in [0.05, 0.1) is 6.20 Å². The number of aryl methyl sites for hydroxylation is 1. The number of carbonyl (C=O) groups is 1. The van der Waals surface area contributed by atoms with E-state index >= 15 is 0 Å². The van der Waals surface area contributed by atoms with E-state index in [1.54, 1.807) is 23.0 Å². The number of thiazole rings is 1. The first-order valence-corrected chi connectivity index (χ1v) is 8.89. The topological polar surface area (TPSA) is 59.8 Å². The molecule has 0 radical (unpaired) electrons. The molecule has 25 heavy (non-hydrogen) atoms. The molecule has 1 aliphatic carbocycles.